The Labute approximate surface area is 72.2 Å². The Morgan fingerprint density at radius 3 is 2.82 bits per heavy atom. The lowest BCUT2D eigenvalue weighted by Crippen LogP contribution is -2.52. The van der Waals surface area contributed by atoms with E-state index in [1.807, 2.05) is 6.26 Å². The maximum atomic E-state index is 5.14. The van der Waals surface area contributed by atoms with Crippen LogP contribution in [0.15, 0.2) is 0 Å². The first-order valence-electron chi connectivity index (χ1n) is 3.77. The number of hydrogen-bond acceptors (Lipinski definition) is 4. The highest BCUT2D eigenvalue weighted by molar-refractivity contribution is 7.93. The van der Waals surface area contributed by atoms with Gasteiger partial charge in [0.2, 0.25) is 0 Å². The second-order valence-corrected chi connectivity index (χ2v) is 3.17. The van der Waals surface area contributed by atoms with Gasteiger partial charge in [-0.3, -0.25) is 4.90 Å². The Balaban J connectivity index is 1.88. The molecule has 1 fully saturated rings. The summed E-state index contributed by atoms with van der Waals surface area (Å²) in [6.07, 6.45) is 2.40. The Bertz CT molecular complexity index is 107. The molecule has 0 bridgehead atoms. The van der Waals surface area contributed by atoms with Crippen LogP contribution in [0.5, 0.6) is 0 Å². The largest absolute Gasteiger partial charge is 0.379 e. The fourth-order valence-electron chi connectivity index (χ4n) is 1.10. The van der Waals surface area contributed by atoms with Gasteiger partial charge in [-0.1, -0.05) is 0 Å². The fourth-order valence-corrected chi connectivity index (χ4v) is 1.35. The van der Waals surface area contributed by atoms with Crippen molar-refractivity contribution >= 4 is 12.0 Å². The average molecular weight is 177 g/mol. The second kappa shape index (κ2) is 4.98. The van der Waals surface area contributed by atoms with Crippen LogP contribution in [-0.2, 0) is 8.92 Å². The minimum absolute atomic E-state index is 0.462. The summed E-state index contributed by atoms with van der Waals surface area (Å²) in [5, 5.41) is 0. The van der Waals surface area contributed by atoms with Crippen molar-refractivity contribution in [2.45, 2.75) is 6.10 Å². The number of nitrogens with zero attached hydrogens (tertiary/aromatic N) is 1. The summed E-state index contributed by atoms with van der Waals surface area (Å²) in [6.45, 7) is 3.97. The van der Waals surface area contributed by atoms with Crippen molar-refractivity contribution in [1.82, 2.24) is 4.90 Å². The van der Waals surface area contributed by atoms with Gasteiger partial charge in [-0.25, -0.2) is 0 Å². The highest BCUT2D eigenvalue weighted by Crippen LogP contribution is 2.09. The molecule has 4 heteroatoms. The molecule has 0 N–H and O–H groups in total. The summed E-state index contributed by atoms with van der Waals surface area (Å²) in [5.41, 5.74) is 0. The molecule has 1 aliphatic rings. The SMILES string of the molecule is COC1CN(CCOSC)C1. The molecule has 0 aromatic rings. The van der Waals surface area contributed by atoms with Gasteiger partial charge in [0.1, 0.15) is 0 Å². The van der Waals surface area contributed by atoms with Gasteiger partial charge in [0.25, 0.3) is 0 Å². The van der Waals surface area contributed by atoms with Crippen LogP contribution in [0.4, 0.5) is 0 Å². The zero-order valence-electron chi connectivity index (χ0n) is 7.08. The molecule has 1 heterocycles. The summed E-state index contributed by atoms with van der Waals surface area (Å²) in [5.74, 6) is 0. The molecule has 0 aromatic carbocycles. The van der Waals surface area contributed by atoms with Crippen LogP contribution in [0.2, 0.25) is 0 Å². The van der Waals surface area contributed by atoms with Crippen molar-refractivity contribution in [2.24, 2.45) is 0 Å². The minimum Gasteiger partial charge on any atom is -0.379 e. The monoisotopic (exact) mass is 177 g/mol. The van der Waals surface area contributed by atoms with Gasteiger partial charge >= 0.3 is 0 Å². The van der Waals surface area contributed by atoms with Gasteiger partial charge in [-0.15, -0.1) is 0 Å². The van der Waals surface area contributed by atoms with Crippen molar-refractivity contribution in [1.29, 1.82) is 0 Å². The Morgan fingerprint density at radius 1 is 1.55 bits per heavy atom. The molecule has 0 spiro atoms. The van der Waals surface area contributed by atoms with E-state index in [0.29, 0.717) is 6.10 Å². The quantitative estimate of drug-likeness (QED) is 0.453. The van der Waals surface area contributed by atoms with Gasteiger partial charge < -0.3 is 8.92 Å². The highest BCUT2D eigenvalue weighted by atomic mass is 32.2. The fraction of sp³-hybridized carbons (Fsp3) is 1.00. The zero-order valence-corrected chi connectivity index (χ0v) is 7.89. The van der Waals surface area contributed by atoms with E-state index in [0.717, 1.165) is 26.2 Å². The molecule has 0 saturated carbocycles. The van der Waals surface area contributed by atoms with E-state index in [1.54, 1.807) is 7.11 Å². The van der Waals surface area contributed by atoms with Crippen molar-refractivity contribution in [3.63, 3.8) is 0 Å². The summed E-state index contributed by atoms with van der Waals surface area (Å²) >= 11 is 1.43. The van der Waals surface area contributed by atoms with Crippen LogP contribution in [0, 0.1) is 0 Å². The summed E-state index contributed by atoms with van der Waals surface area (Å²) < 4.78 is 10.3. The molecule has 1 rings (SSSR count). The average Bonchev–Trinajstić information content (AvgIpc) is 1.94. The first-order valence-corrected chi connectivity index (χ1v) is 4.92. The van der Waals surface area contributed by atoms with Crippen LogP contribution in [0.1, 0.15) is 0 Å². The summed E-state index contributed by atoms with van der Waals surface area (Å²) in [6, 6.07) is 0. The second-order valence-electron chi connectivity index (χ2n) is 2.61. The van der Waals surface area contributed by atoms with Gasteiger partial charge in [0.05, 0.1) is 12.7 Å². The number of methoxy groups -OCH3 is 1. The molecular weight excluding hydrogens is 162 g/mol. The lowest BCUT2D eigenvalue weighted by Gasteiger charge is -2.37. The van der Waals surface area contributed by atoms with Crippen molar-refractivity contribution < 1.29 is 8.92 Å². The number of hydrogen-bond donors (Lipinski definition) is 0. The van der Waals surface area contributed by atoms with Crippen molar-refractivity contribution in [3.8, 4) is 0 Å². The normalized spacial score (nSPS) is 20.2. The first-order chi connectivity index (χ1) is 5.36. The van der Waals surface area contributed by atoms with E-state index >= 15 is 0 Å². The predicted octanol–water partition coefficient (Wildman–Crippen LogP) is 0.612. The third-order valence-corrected chi connectivity index (χ3v) is 2.27. The molecule has 0 unspecified atom stereocenters. The third kappa shape index (κ3) is 2.99. The van der Waals surface area contributed by atoms with Crippen molar-refractivity contribution in [2.75, 3.05) is 39.6 Å². The van der Waals surface area contributed by atoms with E-state index in [4.69, 9.17) is 8.92 Å². The first kappa shape index (κ1) is 9.32. The number of ether oxygens (including phenoxy) is 1. The standard InChI is InChI=1S/C7H15NO2S/c1-9-7-5-8(6-7)3-4-10-11-2/h7H,3-6H2,1-2H3. The molecule has 1 aliphatic heterocycles. The van der Waals surface area contributed by atoms with Gasteiger partial charge in [-0.2, -0.15) is 0 Å². The number of likely N-dealkylation sites (tertiary alicyclic amines) is 1. The van der Waals surface area contributed by atoms with E-state index in [-0.39, 0.29) is 0 Å². The highest BCUT2D eigenvalue weighted by Gasteiger charge is 2.25. The van der Waals surface area contributed by atoms with E-state index < -0.39 is 0 Å². The molecule has 0 aliphatic carbocycles. The Kier molecular flexibility index (Phi) is 4.22. The Hall–Kier alpha value is 0.230. The molecule has 0 aromatic heterocycles. The molecule has 0 atom stereocenters. The minimum atomic E-state index is 0.462. The van der Waals surface area contributed by atoms with E-state index in [2.05, 4.69) is 4.90 Å². The lowest BCUT2D eigenvalue weighted by atomic mass is 10.2. The molecule has 11 heavy (non-hydrogen) atoms. The van der Waals surface area contributed by atoms with Gasteiger partial charge in [0.15, 0.2) is 0 Å². The zero-order chi connectivity index (χ0) is 8.10. The molecule has 1 saturated heterocycles. The van der Waals surface area contributed by atoms with E-state index in [9.17, 15) is 0 Å². The van der Waals surface area contributed by atoms with E-state index in [1.165, 1.54) is 12.0 Å². The van der Waals surface area contributed by atoms with Crippen LogP contribution >= 0.6 is 12.0 Å². The summed E-state index contributed by atoms with van der Waals surface area (Å²) in [4.78, 5) is 2.32. The van der Waals surface area contributed by atoms with Crippen LogP contribution in [-0.4, -0.2) is 50.6 Å². The Morgan fingerprint density at radius 2 is 2.27 bits per heavy atom. The maximum Gasteiger partial charge on any atom is 0.0824 e. The maximum absolute atomic E-state index is 5.14. The third-order valence-electron chi connectivity index (χ3n) is 1.87. The van der Waals surface area contributed by atoms with Crippen molar-refractivity contribution in [3.05, 3.63) is 0 Å². The van der Waals surface area contributed by atoms with Crippen LogP contribution in [0.3, 0.4) is 0 Å². The van der Waals surface area contributed by atoms with Crippen LogP contribution < -0.4 is 0 Å². The summed E-state index contributed by atoms with van der Waals surface area (Å²) in [7, 11) is 1.76. The predicted molar refractivity (Wildman–Crippen MR) is 46.7 cm³/mol. The topological polar surface area (TPSA) is 21.7 Å². The smallest absolute Gasteiger partial charge is 0.0824 e. The molecular formula is C7H15NO2S. The molecule has 66 valence electrons. The van der Waals surface area contributed by atoms with Gasteiger partial charge in [0, 0.05) is 33.0 Å². The molecule has 0 amide bonds. The lowest BCUT2D eigenvalue weighted by molar-refractivity contribution is -0.0325. The number of rotatable bonds is 5. The molecule has 3 nitrogen and oxygen atoms in total. The van der Waals surface area contributed by atoms with Gasteiger partial charge in [-0.05, 0) is 12.0 Å². The van der Waals surface area contributed by atoms with Crippen LogP contribution in [0.25, 0.3) is 0 Å². The molecule has 0 radical (unpaired) electrons.